The second kappa shape index (κ2) is 4.90. The Bertz CT molecular complexity index is 571. The fourth-order valence-corrected chi connectivity index (χ4v) is 1.41. The lowest BCUT2D eigenvalue weighted by Crippen LogP contribution is -1.91. The molecule has 4 heteroatoms. The van der Waals surface area contributed by atoms with E-state index in [-0.39, 0.29) is 11.3 Å². The number of pyridine rings is 2. The van der Waals surface area contributed by atoms with E-state index >= 15 is 0 Å². The first-order chi connectivity index (χ1) is 8.33. The van der Waals surface area contributed by atoms with Crippen LogP contribution in [-0.2, 0) is 0 Å². The molecule has 0 saturated carbocycles. The third-order valence-corrected chi connectivity index (χ3v) is 2.23. The van der Waals surface area contributed by atoms with Gasteiger partial charge in [-0.2, -0.15) is 5.26 Å². The van der Waals surface area contributed by atoms with Crippen molar-refractivity contribution in [1.29, 1.82) is 5.26 Å². The number of rotatable bonds is 2. The summed E-state index contributed by atoms with van der Waals surface area (Å²) in [6.45, 7) is 0. The molecular weight excluding hydrogens is 214 g/mol. The molecule has 4 nitrogen and oxygen atoms in total. The molecule has 82 valence electrons. The van der Waals surface area contributed by atoms with E-state index in [1.165, 1.54) is 12.4 Å². The minimum Gasteiger partial charge on any atom is -0.506 e. The normalized spacial score (nSPS) is 11.5. The maximum atomic E-state index is 10.0. The smallest absolute Gasteiger partial charge is 0.142 e. The molecule has 0 atom stereocenters. The zero-order valence-corrected chi connectivity index (χ0v) is 8.91. The number of nitriles is 1. The molecule has 2 aromatic rings. The molecule has 2 heterocycles. The van der Waals surface area contributed by atoms with Gasteiger partial charge in [-0.1, -0.05) is 6.07 Å². The van der Waals surface area contributed by atoms with Crippen LogP contribution in [0, 0.1) is 11.3 Å². The average Bonchev–Trinajstić information content (AvgIpc) is 2.42. The van der Waals surface area contributed by atoms with Crippen LogP contribution in [0.3, 0.4) is 0 Å². The van der Waals surface area contributed by atoms with Gasteiger partial charge in [0.25, 0.3) is 0 Å². The molecule has 0 saturated heterocycles. The van der Waals surface area contributed by atoms with Gasteiger partial charge < -0.3 is 5.11 Å². The van der Waals surface area contributed by atoms with E-state index in [1.807, 2.05) is 6.07 Å². The van der Waals surface area contributed by atoms with Crippen molar-refractivity contribution in [2.75, 3.05) is 0 Å². The van der Waals surface area contributed by atoms with Gasteiger partial charge in [0.15, 0.2) is 0 Å². The van der Waals surface area contributed by atoms with Gasteiger partial charge in [0.2, 0.25) is 0 Å². The second-order valence-electron chi connectivity index (χ2n) is 3.32. The van der Waals surface area contributed by atoms with Crippen molar-refractivity contribution < 1.29 is 5.11 Å². The summed E-state index contributed by atoms with van der Waals surface area (Å²) in [5.74, 6) is -0.0893. The first-order valence-electron chi connectivity index (χ1n) is 4.97. The molecule has 2 aromatic heterocycles. The highest BCUT2D eigenvalue weighted by Crippen LogP contribution is 2.22. The average molecular weight is 223 g/mol. The van der Waals surface area contributed by atoms with Gasteiger partial charge in [0, 0.05) is 35.9 Å². The van der Waals surface area contributed by atoms with Crippen LogP contribution in [0.1, 0.15) is 11.1 Å². The summed E-state index contributed by atoms with van der Waals surface area (Å²) in [5.41, 5.74) is 1.27. The van der Waals surface area contributed by atoms with Gasteiger partial charge in [-0.15, -0.1) is 0 Å². The van der Waals surface area contributed by atoms with Crippen molar-refractivity contribution in [3.63, 3.8) is 0 Å². The summed E-state index contributed by atoms with van der Waals surface area (Å²) < 4.78 is 0. The molecule has 0 spiro atoms. The number of hydrogen-bond acceptors (Lipinski definition) is 4. The molecule has 0 aliphatic rings. The number of nitrogens with zero attached hydrogens (tertiary/aromatic N) is 3. The minimum absolute atomic E-state index is 0.0893. The van der Waals surface area contributed by atoms with Crippen molar-refractivity contribution in [3.8, 4) is 6.07 Å². The third-order valence-electron chi connectivity index (χ3n) is 2.23. The van der Waals surface area contributed by atoms with E-state index in [0.717, 1.165) is 0 Å². The van der Waals surface area contributed by atoms with Crippen molar-refractivity contribution in [2.24, 2.45) is 0 Å². The molecular formula is C13H9N3O. The van der Waals surface area contributed by atoms with Gasteiger partial charge >= 0.3 is 0 Å². The van der Waals surface area contributed by atoms with Crippen LogP contribution < -0.4 is 0 Å². The van der Waals surface area contributed by atoms with Crippen LogP contribution in [0.2, 0.25) is 0 Å². The monoisotopic (exact) mass is 223 g/mol. The molecule has 17 heavy (non-hydrogen) atoms. The molecule has 0 unspecified atom stereocenters. The molecule has 2 rings (SSSR count). The Morgan fingerprint density at radius 1 is 1.06 bits per heavy atom. The van der Waals surface area contributed by atoms with E-state index in [2.05, 4.69) is 9.97 Å². The van der Waals surface area contributed by atoms with Crippen molar-refractivity contribution in [3.05, 3.63) is 60.2 Å². The minimum atomic E-state index is -0.0893. The molecule has 0 bridgehead atoms. The van der Waals surface area contributed by atoms with Crippen LogP contribution in [0.25, 0.3) is 11.3 Å². The lowest BCUT2D eigenvalue weighted by atomic mass is 10.1. The molecule has 1 N–H and O–H groups in total. The first kappa shape index (κ1) is 10.8. The Morgan fingerprint density at radius 3 is 2.12 bits per heavy atom. The number of allylic oxidation sites excluding steroid dienone is 1. The molecule has 0 radical (unpaired) electrons. The van der Waals surface area contributed by atoms with E-state index < -0.39 is 0 Å². The summed E-state index contributed by atoms with van der Waals surface area (Å²) in [4.78, 5) is 7.81. The van der Waals surface area contributed by atoms with Crippen LogP contribution in [0.4, 0.5) is 0 Å². The highest BCUT2D eigenvalue weighted by molar-refractivity contribution is 5.93. The summed E-state index contributed by atoms with van der Waals surface area (Å²) in [6.07, 6.45) is 6.25. The Kier molecular flexibility index (Phi) is 3.13. The summed E-state index contributed by atoms with van der Waals surface area (Å²) in [5, 5.41) is 19.1. The van der Waals surface area contributed by atoms with Crippen molar-refractivity contribution in [1.82, 2.24) is 9.97 Å². The van der Waals surface area contributed by atoms with E-state index in [1.54, 1.807) is 36.7 Å². The molecule has 0 amide bonds. The fraction of sp³-hybridized carbons (Fsp3) is 0. The first-order valence-corrected chi connectivity index (χ1v) is 4.97. The van der Waals surface area contributed by atoms with E-state index in [4.69, 9.17) is 5.26 Å². The Labute approximate surface area is 98.5 Å². The Morgan fingerprint density at radius 2 is 1.65 bits per heavy atom. The molecule has 0 aromatic carbocycles. The molecule has 0 fully saturated rings. The van der Waals surface area contributed by atoms with Crippen LogP contribution in [-0.4, -0.2) is 15.1 Å². The highest BCUT2D eigenvalue weighted by atomic mass is 16.3. The van der Waals surface area contributed by atoms with Gasteiger partial charge in [-0.3, -0.25) is 9.97 Å². The second-order valence-corrected chi connectivity index (χ2v) is 3.32. The van der Waals surface area contributed by atoms with Crippen LogP contribution in [0.5, 0.6) is 0 Å². The Balaban J connectivity index is 2.53. The zero-order chi connectivity index (χ0) is 12.1. The predicted molar refractivity (Wildman–Crippen MR) is 63.5 cm³/mol. The highest BCUT2D eigenvalue weighted by Gasteiger charge is 2.10. The van der Waals surface area contributed by atoms with E-state index in [9.17, 15) is 5.11 Å². The van der Waals surface area contributed by atoms with Crippen LogP contribution >= 0.6 is 0 Å². The fourth-order valence-electron chi connectivity index (χ4n) is 1.41. The zero-order valence-electron chi connectivity index (χ0n) is 8.91. The van der Waals surface area contributed by atoms with Gasteiger partial charge in [-0.05, 0) is 18.2 Å². The van der Waals surface area contributed by atoms with Gasteiger partial charge in [0.1, 0.15) is 17.4 Å². The SMILES string of the molecule is N#C/C(=C(/O)c1cccnc1)c1cccnc1. The Hall–Kier alpha value is -2.67. The number of aliphatic hydroxyl groups excluding tert-OH is 1. The van der Waals surface area contributed by atoms with Crippen LogP contribution in [0.15, 0.2) is 49.1 Å². The topological polar surface area (TPSA) is 69.8 Å². The standard InChI is InChI=1S/C13H9N3O/c14-7-12(10-3-1-5-15-8-10)13(17)11-4-2-6-16-9-11/h1-6,8-9,17H/b13-12-. The largest absolute Gasteiger partial charge is 0.506 e. The molecule has 0 aliphatic carbocycles. The maximum Gasteiger partial charge on any atom is 0.142 e. The summed E-state index contributed by atoms with van der Waals surface area (Å²) in [7, 11) is 0. The lowest BCUT2D eigenvalue weighted by Gasteiger charge is -2.03. The number of aromatic nitrogens is 2. The summed E-state index contributed by atoms with van der Waals surface area (Å²) in [6, 6.07) is 8.80. The number of aliphatic hydroxyl groups is 1. The van der Waals surface area contributed by atoms with E-state index in [0.29, 0.717) is 11.1 Å². The third kappa shape index (κ3) is 2.29. The van der Waals surface area contributed by atoms with Crippen molar-refractivity contribution in [2.45, 2.75) is 0 Å². The van der Waals surface area contributed by atoms with Gasteiger partial charge in [0.05, 0.1) is 0 Å². The number of hydrogen-bond donors (Lipinski definition) is 1. The summed E-state index contributed by atoms with van der Waals surface area (Å²) >= 11 is 0. The quantitative estimate of drug-likeness (QED) is 0.627. The molecule has 0 aliphatic heterocycles. The maximum absolute atomic E-state index is 10.0. The predicted octanol–water partition coefficient (Wildman–Crippen LogP) is 2.43. The lowest BCUT2D eigenvalue weighted by molar-refractivity contribution is 0.513. The van der Waals surface area contributed by atoms with Crippen molar-refractivity contribution >= 4 is 11.3 Å². The van der Waals surface area contributed by atoms with Gasteiger partial charge in [-0.25, -0.2) is 0 Å².